The molecule has 2 aromatic rings. The molecule has 3 rings (SSSR count). The maximum Gasteiger partial charge on any atom is 0.236 e. The van der Waals surface area contributed by atoms with Gasteiger partial charge in [-0.3, -0.25) is 14.6 Å². The molecule has 0 aromatic carbocycles. The van der Waals surface area contributed by atoms with E-state index in [1.165, 1.54) is 0 Å². The molecule has 1 aliphatic rings. The molecule has 0 spiro atoms. The number of amides is 1. The largest absolute Gasteiger partial charge is 0.355 e. The number of carbonyl (C=O) groups excluding carboxylic acids is 2. The first-order valence-electron chi connectivity index (χ1n) is 12.2. The van der Waals surface area contributed by atoms with Gasteiger partial charge in [0.05, 0.1) is 17.3 Å². The van der Waals surface area contributed by atoms with E-state index in [2.05, 4.69) is 20.6 Å². The topological polar surface area (TPSA) is 123 Å². The monoisotopic (exact) mass is 452 g/mol. The lowest BCUT2D eigenvalue weighted by molar-refractivity contribution is -0.122. The first kappa shape index (κ1) is 24.8. The summed E-state index contributed by atoms with van der Waals surface area (Å²) in [6.07, 6.45) is 14.4. The van der Waals surface area contributed by atoms with E-state index >= 15 is 0 Å². The van der Waals surface area contributed by atoms with Crippen molar-refractivity contribution in [3.8, 4) is 0 Å². The third-order valence-corrected chi connectivity index (χ3v) is 5.98. The number of hydrogen-bond donors (Lipinski definition) is 3. The van der Waals surface area contributed by atoms with Crippen molar-refractivity contribution in [3.63, 3.8) is 0 Å². The van der Waals surface area contributed by atoms with Gasteiger partial charge in [0, 0.05) is 38.1 Å². The Morgan fingerprint density at radius 1 is 1.03 bits per heavy atom. The molecule has 4 N–H and O–H groups in total. The van der Waals surface area contributed by atoms with Gasteiger partial charge in [-0.2, -0.15) is 0 Å². The van der Waals surface area contributed by atoms with E-state index in [9.17, 15) is 9.59 Å². The van der Waals surface area contributed by atoms with Crippen molar-refractivity contribution in [2.24, 2.45) is 5.73 Å². The smallest absolute Gasteiger partial charge is 0.236 e. The maximum atomic E-state index is 13.0. The van der Waals surface area contributed by atoms with Crippen LogP contribution in [0.4, 0.5) is 5.95 Å². The number of Topliss-reactive ketones (excluding diaryl/α,β-unsaturated/α-hetero) is 1. The molecule has 0 radical (unpaired) electrons. The van der Waals surface area contributed by atoms with Gasteiger partial charge in [-0.15, -0.1) is 0 Å². The van der Waals surface area contributed by atoms with Crippen LogP contribution in [0.15, 0.2) is 30.7 Å². The minimum Gasteiger partial charge on any atom is -0.355 e. The summed E-state index contributed by atoms with van der Waals surface area (Å²) >= 11 is 0. The zero-order valence-corrected chi connectivity index (χ0v) is 19.4. The van der Waals surface area contributed by atoms with Gasteiger partial charge in [-0.1, -0.05) is 31.7 Å². The maximum absolute atomic E-state index is 13.0. The molecule has 0 saturated carbocycles. The van der Waals surface area contributed by atoms with Gasteiger partial charge in [0.15, 0.2) is 5.78 Å². The average molecular weight is 453 g/mol. The van der Waals surface area contributed by atoms with Gasteiger partial charge in [0.2, 0.25) is 11.9 Å². The first-order valence-corrected chi connectivity index (χ1v) is 12.2. The molecule has 178 valence electrons. The number of ketones is 1. The molecule has 1 atom stereocenters. The number of fused-ring (bicyclic) bond motifs is 2. The number of carbonyl (C=O) groups is 2. The number of anilines is 1. The fourth-order valence-corrected chi connectivity index (χ4v) is 3.98. The van der Waals surface area contributed by atoms with Crippen LogP contribution in [-0.2, 0) is 17.6 Å². The van der Waals surface area contributed by atoms with Gasteiger partial charge < -0.3 is 16.4 Å². The van der Waals surface area contributed by atoms with E-state index in [1.807, 2.05) is 12.1 Å². The molecular formula is C25H36N6O2. The Kier molecular flexibility index (Phi) is 10.2. The van der Waals surface area contributed by atoms with Crippen LogP contribution in [0, 0.1) is 0 Å². The summed E-state index contributed by atoms with van der Waals surface area (Å²) in [5.74, 6) is 0.588. The van der Waals surface area contributed by atoms with Crippen molar-refractivity contribution in [2.75, 3.05) is 18.4 Å². The van der Waals surface area contributed by atoms with Crippen LogP contribution in [0.25, 0.3) is 0 Å². The highest BCUT2D eigenvalue weighted by molar-refractivity contribution is 5.97. The molecule has 0 aliphatic carbocycles. The fraction of sp³-hybridized carbons (Fsp3) is 0.560. The van der Waals surface area contributed by atoms with Gasteiger partial charge in [-0.25, -0.2) is 9.97 Å². The van der Waals surface area contributed by atoms with Crippen molar-refractivity contribution < 1.29 is 9.59 Å². The lowest BCUT2D eigenvalue weighted by atomic mass is 10.00. The molecule has 0 fully saturated rings. The first-order chi connectivity index (χ1) is 16.1. The molecule has 1 amide bonds. The van der Waals surface area contributed by atoms with Gasteiger partial charge in [0.1, 0.15) is 0 Å². The van der Waals surface area contributed by atoms with Crippen LogP contribution in [0.5, 0.6) is 0 Å². The van der Waals surface area contributed by atoms with Crippen LogP contribution >= 0.6 is 0 Å². The zero-order valence-electron chi connectivity index (χ0n) is 19.4. The predicted octanol–water partition coefficient (Wildman–Crippen LogP) is 3.22. The second kappa shape index (κ2) is 13.6. The molecular weight excluding hydrogens is 416 g/mol. The third kappa shape index (κ3) is 8.53. The Balaban J connectivity index is 1.65. The number of aromatic nitrogens is 3. The lowest BCUT2D eigenvalue weighted by Gasteiger charge is -2.14. The van der Waals surface area contributed by atoms with Gasteiger partial charge >= 0.3 is 0 Å². The standard InChI is InChI=1S/C25H36N6O2/c26-21-10-4-3-5-11-22-20(23(32)13-12-19-9-8-14-27-17-19)18-30-25(31-22)29-16-7-2-1-6-15-28-24(21)33/h8-9,14,17-18,21H,1-7,10-13,15-16,26H2,(H,28,33)(H,29,30,31)/t21-/m0/s1. The van der Waals surface area contributed by atoms with Crippen LogP contribution in [-0.4, -0.2) is 45.8 Å². The highest BCUT2D eigenvalue weighted by atomic mass is 16.2. The van der Waals surface area contributed by atoms with Crippen molar-refractivity contribution in [3.05, 3.63) is 47.5 Å². The van der Waals surface area contributed by atoms with Gasteiger partial charge in [0.25, 0.3) is 0 Å². The van der Waals surface area contributed by atoms with Crippen molar-refractivity contribution in [2.45, 2.75) is 76.7 Å². The number of hydrogen-bond acceptors (Lipinski definition) is 7. The Morgan fingerprint density at radius 2 is 1.82 bits per heavy atom. The van der Waals surface area contributed by atoms with Gasteiger partial charge in [-0.05, 0) is 50.2 Å². The van der Waals surface area contributed by atoms with E-state index < -0.39 is 6.04 Å². The van der Waals surface area contributed by atoms with E-state index in [-0.39, 0.29) is 11.7 Å². The van der Waals surface area contributed by atoms with E-state index in [0.717, 1.165) is 62.7 Å². The Hall–Kier alpha value is -2.87. The minimum absolute atomic E-state index is 0.0558. The lowest BCUT2D eigenvalue weighted by Crippen LogP contribution is -2.40. The number of pyridine rings is 1. The third-order valence-electron chi connectivity index (χ3n) is 5.98. The molecule has 33 heavy (non-hydrogen) atoms. The summed E-state index contributed by atoms with van der Waals surface area (Å²) in [7, 11) is 0. The van der Waals surface area contributed by atoms with Crippen LogP contribution < -0.4 is 16.4 Å². The van der Waals surface area contributed by atoms with Crippen LogP contribution in [0.3, 0.4) is 0 Å². The normalized spacial score (nSPS) is 18.9. The quantitative estimate of drug-likeness (QED) is 0.609. The zero-order chi connectivity index (χ0) is 23.3. The summed E-state index contributed by atoms with van der Waals surface area (Å²) in [6, 6.07) is 3.41. The average Bonchev–Trinajstić information content (AvgIpc) is 2.84. The Morgan fingerprint density at radius 3 is 2.61 bits per heavy atom. The summed E-state index contributed by atoms with van der Waals surface area (Å²) in [4.78, 5) is 38.3. The Bertz CT molecular complexity index is 890. The highest BCUT2D eigenvalue weighted by Gasteiger charge is 2.16. The highest BCUT2D eigenvalue weighted by Crippen LogP contribution is 2.17. The SMILES string of the molecule is N[C@H]1CCCCCc2nc(ncc2C(=O)CCc2cccnc2)NCCCCCCNC1=O. The molecule has 8 nitrogen and oxygen atoms in total. The molecule has 1 aliphatic heterocycles. The van der Waals surface area contributed by atoms with Crippen LogP contribution in [0.2, 0.25) is 0 Å². The van der Waals surface area contributed by atoms with E-state index in [1.54, 1.807) is 18.6 Å². The number of rotatable bonds is 4. The Labute approximate surface area is 196 Å². The molecule has 0 saturated heterocycles. The summed E-state index contributed by atoms with van der Waals surface area (Å²) in [6.45, 7) is 1.47. The summed E-state index contributed by atoms with van der Waals surface area (Å²) in [5.41, 5.74) is 8.48. The summed E-state index contributed by atoms with van der Waals surface area (Å²) in [5, 5.41) is 6.24. The molecule has 2 aromatic heterocycles. The predicted molar refractivity (Wildman–Crippen MR) is 129 cm³/mol. The van der Waals surface area contributed by atoms with Crippen molar-refractivity contribution >= 4 is 17.6 Å². The summed E-state index contributed by atoms with van der Waals surface area (Å²) < 4.78 is 0. The number of nitrogens with one attached hydrogen (secondary N) is 2. The number of aryl methyl sites for hydroxylation is 2. The van der Waals surface area contributed by atoms with Crippen molar-refractivity contribution in [1.29, 1.82) is 0 Å². The molecule has 3 heterocycles. The second-order valence-electron chi connectivity index (χ2n) is 8.68. The fourth-order valence-electron chi connectivity index (χ4n) is 3.98. The molecule has 0 unspecified atom stereocenters. The van der Waals surface area contributed by atoms with E-state index in [4.69, 9.17) is 10.7 Å². The number of nitrogens with two attached hydrogens (primary N) is 1. The molecule has 2 bridgehead atoms. The number of nitrogens with zero attached hydrogens (tertiary/aromatic N) is 3. The van der Waals surface area contributed by atoms with Crippen molar-refractivity contribution in [1.82, 2.24) is 20.3 Å². The molecule has 8 heteroatoms. The van der Waals surface area contributed by atoms with Crippen LogP contribution in [0.1, 0.15) is 79.4 Å². The van der Waals surface area contributed by atoms with E-state index in [0.29, 0.717) is 43.7 Å². The minimum atomic E-state index is -0.455. The second-order valence-corrected chi connectivity index (χ2v) is 8.68.